The van der Waals surface area contributed by atoms with E-state index < -0.39 is 11.7 Å². The Morgan fingerprint density at radius 2 is 1.75 bits per heavy atom. The van der Waals surface area contributed by atoms with Crippen LogP contribution >= 0.6 is 0 Å². The second-order valence-corrected chi connectivity index (χ2v) is 6.57. The van der Waals surface area contributed by atoms with Gasteiger partial charge in [-0.05, 0) is 55.7 Å². The van der Waals surface area contributed by atoms with Gasteiger partial charge in [0.05, 0.1) is 5.69 Å². The molecule has 1 aliphatic heterocycles. The topological polar surface area (TPSA) is 83.3 Å². The molecule has 0 atom stereocenters. The smallest absolute Gasteiger partial charge is 0.320 e. The summed E-state index contributed by atoms with van der Waals surface area (Å²) in [6.45, 7) is 2.12. The Hall–Kier alpha value is -3.42. The molecule has 7 nitrogen and oxygen atoms in total. The van der Waals surface area contributed by atoms with Crippen molar-refractivity contribution < 1.29 is 13.6 Å². The molecule has 4 rings (SSSR count). The standard InChI is InChI=1S/C20H20FN5O2/c21-16-6-2-3-7-17(16)23-20-25-24-19(28-20)18(27)22-14-8-10-15(11-9-14)26-12-4-1-5-13-26/h2-3,6-11H,1,4-5,12-13H2,(H,22,27)(H,23,25). The molecule has 0 saturated carbocycles. The van der Waals surface area contributed by atoms with Crippen molar-refractivity contribution in [2.24, 2.45) is 0 Å². The molecule has 1 aliphatic rings. The average molecular weight is 381 g/mol. The molecule has 3 aromatic rings. The molecule has 1 fully saturated rings. The molecule has 1 aromatic heterocycles. The van der Waals surface area contributed by atoms with Crippen LogP contribution in [0.25, 0.3) is 0 Å². The maximum absolute atomic E-state index is 13.7. The van der Waals surface area contributed by atoms with Gasteiger partial charge in [0, 0.05) is 24.5 Å². The van der Waals surface area contributed by atoms with Gasteiger partial charge in [-0.1, -0.05) is 17.2 Å². The summed E-state index contributed by atoms with van der Waals surface area (Å²) >= 11 is 0. The van der Waals surface area contributed by atoms with Gasteiger partial charge in [0.15, 0.2) is 0 Å². The van der Waals surface area contributed by atoms with Crippen LogP contribution in [0.15, 0.2) is 52.9 Å². The van der Waals surface area contributed by atoms with E-state index in [1.54, 1.807) is 12.1 Å². The fourth-order valence-electron chi connectivity index (χ4n) is 3.14. The van der Waals surface area contributed by atoms with Crippen LogP contribution in [0.1, 0.15) is 29.9 Å². The summed E-state index contributed by atoms with van der Waals surface area (Å²) in [6, 6.07) is 13.7. The lowest BCUT2D eigenvalue weighted by molar-refractivity contribution is 0.0991. The Balaban J connectivity index is 1.38. The maximum atomic E-state index is 13.7. The van der Waals surface area contributed by atoms with E-state index in [0.717, 1.165) is 18.8 Å². The summed E-state index contributed by atoms with van der Waals surface area (Å²) < 4.78 is 18.9. The Labute approximate surface area is 161 Å². The molecule has 0 bridgehead atoms. The molecular formula is C20H20FN5O2. The third-order valence-electron chi connectivity index (χ3n) is 4.58. The second-order valence-electron chi connectivity index (χ2n) is 6.57. The molecular weight excluding hydrogens is 361 g/mol. The van der Waals surface area contributed by atoms with Crippen molar-refractivity contribution in [2.75, 3.05) is 28.6 Å². The van der Waals surface area contributed by atoms with Crippen molar-refractivity contribution in [1.82, 2.24) is 10.2 Å². The number of hydrogen-bond donors (Lipinski definition) is 2. The number of para-hydroxylation sites is 1. The quantitative estimate of drug-likeness (QED) is 0.689. The number of piperidine rings is 1. The second kappa shape index (κ2) is 8.08. The first-order valence-electron chi connectivity index (χ1n) is 9.20. The summed E-state index contributed by atoms with van der Waals surface area (Å²) in [4.78, 5) is 14.7. The van der Waals surface area contributed by atoms with Gasteiger partial charge >= 0.3 is 17.8 Å². The van der Waals surface area contributed by atoms with E-state index in [-0.39, 0.29) is 17.6 Å². The van der Waals surface area contributed by atoms with Crippen LogP contribution in [0.5, 0.6) is 0 Å². The normalized spacial score (nSPS) is 14.0. The molecule has 28 heavy (non-hydrogen) atoms. The lowest BCUT2D eigenvalue weighted by Crippen LogP contribution is -2.29. The number of benzene rings is 2. The molecule has 2 aromatic carbocycles. The van der Waals surface area contributed by atoms with E-state index in [1.165, 1.54) is 31.4 Å². The van der Waals surface area contributed by atoms with E-state index in [1.807, 2.05) is 24.3 Å². The first-order chi connectivity index (χ1) is 13.7. The van der Waals surface area contributed by atoms with E-state index in [9.17, 15) is 9.18 Å². The average Bonchev–Trinajstić information content (AvgIpc) is 3.20. The number of carbonyl (C=O) groups excluding carboxylic acids is 1. The van der Waals surface area contributed by atoms with Crippen molar-refractivity contribution in [3.63, 3.8) is 0 Å². The molecule has 1 amide bonds. The van der Waals surface area contributed by atoms with Gasteiger partial charge in [0.1, 0.15) is 5.82 Å². The highest BCUT2D eigenvalue weighted by atomic mass is 19.1. The molecule has 8 heteroatoms. The van der Waals surface area contributed by atoms with Crippen molar-refractivity contribution in [3.8, 4) is 0 Å². The van der Waals surface area contributed by atoms with E-state index in [0.29, 0.717) is 5.69 Å². The van der Waals surface area contributed by atoms with Crippen LogP contribution in [0.4, 0.5) is 27.5 Å². The van der Waals surface area contributed by atoms with Crippen molar-refractivity contribution >= 4 is 29.0 Å². The number of carbonyl (C=O) groups is 1. The minimum atomic E-state index is -0.528. The van der Waals surface area contributed by atoms with Crippen LogP contribution in [-0.4, -0.2) is 29.2 Å². The number of anilines is 4. The van der Waals surface area contributed by atoms with Crippen molar-refractivity contribution in [3.05, 3.63) is 60.2 Å². The first kappa shape index (κ1) is 18.0. The number of nitrogens with zero attached hydrogens (tertiary/aromatic N) is 3. The minimum absolute atomic E-state index is 0.0595. The Kier molecular flexibility index (Phi) is 5.18. The highest BCUT2D eigenvalue weighted by Gasteiger charge is 2.16. The SMILES string of the molecule is O=C(Nc1ccc(N2CCCCC2)cc1)c1nnc(Nc2ccccc2F)o1. The zero-order valence-electron chi connectivity index (χ0n) is 15.2. The van der Waals surface area contributed by atoms with Crippen LogP contribution in [0, 0.1) is 5.82 Å². The number of aromatic nitrogens is 2. The Bertz CT molecular complexity index is 951. The number of nitrogens with one attached hydrogen (secondary N) is 2. The number of hydrogen-bond acceptors (Lipinski definition) is 6. The highest BCUT2D eigenvalue weighted by molar-refractivity contribution is 6.01. The molecule has 2 heterocycles. The molecule has 0 aliphatic carbocycles. The van der Waals surface area contributed by atoms with E-state index >= 15 is 0 Å². The van der Waals surface area contributed by atoms with Crippen LogP contribution in [0.2, 0.25) is 0 Å². The maximum Gasteiger partial charge on any atom is 0.320 e. The zero-order valence-corrected chi connectivity index (χ0v) is 15.2. The molecule has 0 unspecified atom stereocenters. The highest BCUT2D eigenvalue weighted by Crippen LogP contribution is 2.22. The molecule has 1 saturated heterocycles. The third-order valence-corrected chi connectivity index (χ3v) is 4.58. The van der Waals surface area contributed by atoms with E-state index in [2.05, 4.69) is 25.7 Å². The predicted molar refractivity (Wildman–Crippen MR) is 104 cm³/mol. The fourth-order valence-corrected chi connectivity index (χ4v) is 3.14. The minimum Gasteiger partial charge on any atom is -0.399 e. The third kappa shape index (κ3) is 4.11. The monoisotopic (exact) mass is 381 g/mol. The largest absolute Gasteiger partial charge is 0.399 e. The van der Waals surface area contributed by atoms with Gasteiger partial charge in [-0.2, -0.15) is 0 Å². The summed E-state index contributed by atoms with van der Waals surface area (Å²) in [6.07, 6.45) is 3.69. The molecule has 144 valence electrons. The van der Waals surface area contributed by atoms with Gasteiger partial charge in [0.2, 0.25) is 0 Å². The van der Waals surface area contributed by atoms with Gasteiger partial charge in [-0.3, -0.25) is 4.79 Å². The summed E-state index contributed by atoms with van der Waals surface area (Å²) in [5, 5.41) is 12.8. The van der Waals surface area contributed by atoms with Crippen LogP contribution in [0.3, 0.4) is 0 Å². The Morgan fingerprint density at radius 3 is 2.50 bits per heavy atom. The first-order valence-corrected chi connectivity index (χ1v) is 9.20. The van der Waals surface area contributed by atoms with Crippen molar-refractivity contribution in [1.29, 1.82) is 0 Å². The lowest BCUT2D eigenvalue weighted by Gasteiger charge is -2.28. The van der Waals surface area contributed by atoms with Gasteiger partial charge in [-0.25, -0.2) is 4.39 Å². The predicted octanol–water partition coefficient (Wildman–Crippen LogP) is 4.19. The zero-order chi connectivity index (χ0) is 19.3. The van der Waals surface area contributed by atoms with Gasteiger partial charge in [-0.15, -0.1) is 5.10 Å². The van der Waals surface area contributed by atoms with Gasteiger partial charge in [0.25, 0.3) is 0 Å². The number of rotatable bonds is 5. The summed E-state index contributed by atoms with van der Waals surface area (Å²) in [7, 11) is 0. The number of amides is 1. The fraction of sp³-hybridized carbons (Fsp3) is 0.250. The van der Waals surface area contributed by atoms with Crippen LogP contribution < -0.4 is 15.5 Å². The molecule has 2 N–H and O–H groups in total. The van der Waals surface area contributed by atoms with Crippen molar-refractivity contribution in [2.45, 2.75) is 19.3 Å². The van der Waals surface area contributed by atoms with Crippen LogP contribution in [-0.2, 0) is 0 Å². The Morgan fingerprint density at radius 1 is 1.00 bits per heavy atom. The number of halogens is 1. The summed E-state index contributed by atoms with van der Waals surface area (Å²) in [5.41, 5.74) is 1.96. The summed E-state index contributed by atoms with van der Waals surface area (Å²) in [5.74, 6) is -1.20. The molecule has 0 spiro atoms. The van der Waals surface area contributed by atoms with Gasteiger partial charge < -0.3 is 20.0 Å². The van der Waals surface area contributed by atoms with E-state index in [4.69, 9.17) is 4.42 Å². The lowest BCUT2D eigenvalue weighted by atomic mass is 10.1. The molecule has 0 radical (unpaired) electrons.